The van der Waals surface area contributed by atoms with Gasteiger partial charge in [0.15, 0.2) is 0 Å². The van der Waals surface area contributed by atoms with Crippen molar-refractivity contribution in [3.05, 3.63) is 34.7 Å². The van der Waals surface area contributed by atoms with E-state index in [9.17, 15) is 9.59 Å². The molecule has 2 atom stereocenters. The van der Waals surface area contributed by atoms with E-state index in [4.69, 9.17) is 4.74 Å². The van der Waals surface area contributed by atoms with Crippen molar-refractivity contribution in [2.24, 2.45) is 0 Å². The molecule has 6 heteroatoms. The topological polar surface area (TPSA) is 56.5 Å². The molecule has 2 unspecified atom stereocenters. The smallest absolute Gasteiger partial charge is 0.329 e. The van der Waals surface area contributed by atoms with E-state index in [1.807, 2.05) is 43.0 Å². The van der Waals surface area contributed by atoms with E-state index >= 15 is 0 Å². The van der Waals surface area contributed by atoms with Gasteiger partial charge in [-0.15, -0.1) is 0 Å². The molecule has 6 nitrogen and oxygen atoms in total. The number of rotatable bonds is 5. The Kier molecular flexibility index (Phi) is 5.27. The molecule has 1 aliphatic rings. The molecule has 1 aliphatic heterocycles. The van der Waals surface area contributed by atoms with Crippen molar-refractivity contribution in [1.82, 2.24) is 14.0 Å². The number of aryl methyl sites for hydroxylation is 2. The van der Waals surface area contributed by atoms with E-state index in [1.165, 1.54) is 0 Å². The maximum Gasteiger partial charge on any atom is 0.329 e. The normalized spacial score (nSPS) is 21.0. The zero-order valence-corrected chi connectivity index (χ0v) is 15.3. The Morgan fingerprint density at radius 1 is 1.08 bits per heavy atom. The Balaban J connectivity index is 1.78. The highest BCUT2D eigenvalue weighted by Crippen LogP contribution is 2.15. The van der Waals surface area contributed by atoms with Gasteiger partial charge in [-0.2, -0.15) is 0 Å². The molecule has 1 fully saturated rings. The van der Waals surface area contributed by atoms with Crippen LogP contribution in [0.5, 0.6) is 0 Å². The van der Waals surface area contributed by atoms with Crippen LogP contribution in [0.15, 0.2) is 29.1 Å². The van der Waals surface area contributed by atoms with Crippen molar-refractivity contribution in [3.63, 3.8) is 0 Å². The molecule has 1 saturated heterocycles. The number of hydrogen-bond donors (Lipinski definition) is 0. The number of benzene rings is 1. The first-order valence-corrected chi connectivity index (χ1v) is 9.12. The van der Waals surface area contributed by atoms with Crippen LogP contribution < -0.4 is 5.69 Å². The predicted molar refractivity (Wildman–Crippen MR) is 97.7 cm³/mol. The lowest BCUT2D eigenvalue weighted by molar-refractivity contribution is -0.143. The van der Waals surface area contributed by atoms with Gasteiger partial charge in [0.05, 0.1) is 23.2 Å². The summed E-state index contributed by atoms with van der Waals surface area (Å²) in [5, 5.41) is 0. The number of fused-ring (bicyclic) bond motifs is 1. The van der Waals surface area contributed by atoms with E-state index in [0.29, 0.717) is 32.6 Å². The number of amides is 1. The van der Waals surface area contributed by atoms with Crippen LogP contribution >= 0.6 is 0 Å². The second-order valence-electron chi connectivity index (χ2n) is 6.88. The second kappa shape index (κ2) is 7.44. The van der Waals surface area contributed by atoms with Crippen molar-refractivity contribution in [1.29, 1.82) is 0 Å². The maximum absolute atomic E-state index is 12.8. The third kappa shape index (κ3) is 3.63. The van der Waals surface area contributed by atoms with Crippen molar-refractivity contribution in [3.8, 4) is 0 Å². The number of ether oxygens (including phenoxy) is 1. The zero-order chi connectivity index (χ0) is 18.0. The molecule has 2 aromatic rings. The molecule has 2 heterocycles. The monoisotopic (exact) mass is 345 g/mol. The Morgan fingerprint density at radius 2 is 1.64 bits per heavy atom. The quantitative estimate of drug-likeness (QED) is 0.835. The Bertz CT molecular complexity index is 798. The summed E-state index contributed by atoms with van der Waals surface area (Å²) in [7, 11) is 0. The first-order chi connectivity index (χ1) is 12.0. The first kappa shape index (κ1) is 17.7. The standard InChI is InChI=1S/C19H27N3O3/c1-4-10-21-16-7-5-6-8-17(16)22(19(21)24)11-9-18(23)20-12-14(2)25-15(3)13-20/h5-8,14-15H,4,9-13H2,1-3H3. The fraction of sp³-hybridized carbons (Fsp3) is 0.579. The van der Waals surface area contributed by atoms with Crippen LogP contribution in [0.25, 0.3) is 11.0 Å². The molecule has 1 amide bonds. The molecule has 0 spiro atoms. The average molecular weight is 345 g/mol. The molecular weight excluding hydrogens is 318 g/mol. The van der Waals surface area contributed by atoms with Gasteiger partial charge in [-0.3, -0.25) is 13.9 Å². The van der Waals surface area contributed by atoms with Crippen LogP contribution in [0.4, 0.5) is 0 Å². The van der Waals surface area contributed by atoms with E-state index in [0.717, 1.165) is 17.5 Å². The Morgan fingerprint density at radius 3 is 2.20 bits per heavy atom. The van der Waals surface area contributed by atoms with Crippen molar-refractivity contribution >= 4 is 16.9 Å². The lowest BCUT2D eigenvalue weighted by atomic mass is 10.2. The van der Waals surface area contributed by atoms with Crippen molar-refractivity contribution < 1.29 is 9.53 Å². The summed E-state index contributed by atoms with van der Waals surface area (Å²) in [6.07, 6.45) is 1.35. The van der Waals surface area contributed by atoms with Crippen LogP contribution in [0.2, 0.25) is 0 Å². The minimum Gasteiger partial charge on any atom is -0.372 e. The molecule has 3 rings (SSSR count). The summed E-state index contributed by atoms with van der Waals surface area (Å²) >= 11 is 0. The van der Waals surface area contributed by atoms with Gasteiger partial charge in [0.1, 0.15) is 0 Å². The fourth-order valence-corrected chi connectivity index (χ4v) is 3.68. The first-order valence-electron chi connectivity index (χ1n) is 9.12. The van der Waals surface area contributed by atoms with E-state index < -0.39 is 0 Å². The van der Waals surface area contributed by atoms with Gasteiger partial charge in [0, 0.05) is 32.6 Å². The van der Waals surface area contributed by atoms with Crippen LogP contribution in [-0.2, 0) is 22.6 Å². The van der Waals surface area contributed by atoms with E-state index in [-0.39, 0.29) is 23.8 Å². The minimum absolute atomic E-state index is 0.0282. The molecule has 0 aliphatic carbocycles. The number of para-hydroxylation sites is 2. The van der Waals surface area contributed by atoms with Gasteiger partial charge >= 0.3 is 5.69 Å². The highest BCUT2D eigenvalue weighted by atomic mass is 16.5. The molecular formula is C19H27N3O3. The van der Waals surface area contributed by atoms with Gasteiger partial charge < -0.3 is 9.64 Å². The Labute approximate surface area is 148 Å². The molecule has 0 saturated carbocycles. The second-order valence-corrected chi connectivity index (χ2v) is 6.88. The lowest BCUT2D eigenvalue weighted by Crippen LogP contribution is -2.48. The van der Waals surface area contributed by atoms with Gasteiger partial charge in [-0.05, 0) is 32.4 Å². The van der Waals surface area contributed by atoms with Crippen LogP contribution in [0.3, 0.4) is 0 Å². The minimum atomic E-state index is -0.0282. The number of morpholine rings is 1. The van der Waals surface area contributed by atoms with Crippen molar-refractivity contribution in [2.45, 2.75) is 58.9 Å². The largest absolute Gasteiger partial charge is 0.372 e. The Hall–Kier alpha value is -2.08. The maximum atomic E-state index is 12.8. The van der Waals surface area contributed by atoms with Gasteiger partial charge in [0.25, 0.3) is 0 Å². The van der Waals surface area contributed by atoms with Gasteiger partial charge in [-0.1, -0.05) is 19.1 Å². The van der Waals surface area contributed by atoms with Crippen LogP contribution in [0.1, 0.15) is 33.6 Å². The number of carbonyl (C=O) groups excluding carboxylic acids is 1. The summed E-state index contributed by atoms with van der Waals surface area (Å²) in [6, 6.07) is 7.80. The summed E-state index contributed by atoms with van der Waals surface area (Å²) < 4.78 is 9.22. The van der Waals surface area contributed by atoms with E-state index in [2.05, 4.69) is 6.92 Å². The highest BCUT2D eigenvalue weighted by molar-refractivity contribution is 5.78. The highest BCUT2D eigenvalue weighted by Gasteiger charge is 2.25. The molecule has 1 aromatic heterocycles. The third-order valence-corrected chi connectivity index (χ3v) is 4.69. The van der Waals surface area contributed by atoms with E-state index in [1.54, 1.807) is 9.13 Å². The molecule has 0 N–H and O–H groups in total. The zero-order valence-electron chi connectivity index (χ0n) is 15.3. The van der Waals surface area contributed by atoms with Crippen LogP contribution in [0, 0.1) is 0 Å². The number of carbonyl (C=O) groups is 1. The molecule has 25 heavy (non-hydrogen) atoms. The molecule has 0 bridgehead atoms. The van der Waals surface area contributed by atoms with Crippen LogP contribution in [-0.4, -0.2) is 45.2 Å². The van der Waals surface area contributed by atoms with Crippen molar-refractivity contribution in [2.75, 3.05) is 13.1 Å². The number of nitrogens with zero attached hydrogens (tertiary/aromatic N) is 3. The SMILES string of the molecule is CCCn1c(=O)n(CCC(=O)N2CC(C)OC(C)C2)c2ccccc21. The predicted octanol–water partition coefficient (Wildman–Crippen LogP) is 2.24. The average Bonchev–Trinajstić information content (AvgIpc) is 2.84. The molecule has 1 aromatic carbocycles. The molecule has 0 radical (unpaired) electrons. The molecule has 136 valence electrons. The fourth-order valence-electron chi connectivity index (χ4n) is 3.68. The summed E-state index contributed by atoms with van der Waals surface area (Å²) in [4.78, 5) is 27.2. The number of aromatic nitrogens is 2. The summed E-state index contributed by atoms with van der Waals surface area (Å²) in [6.45, 7) is 8.37. The van der Waals surface area contributed by atoms with Gasteiger partial charge in [0.2, 0.25) is 5.91 Å². The lowest BCUT2D eigenvalue weighted by Gasteiger charge is -2.35. The number of hydrogen-bond acceptors (Lipinski definition) is 3. The number of imidazole rings is 1. The van der Waals surface area contributed by atoms with Gasteiger partial charge in [-0.25, -0.2) is 4.79 Å². The summed E-state index contributed by atoms with van der Waals surface area (Å²) in [5.74, 6) is 0.0845. The third-order valence-electron chi connectivity index (χ3n) is 4.69. The summed E-state index contributed by atoms with van der Waals surface area (Å²) in [5.41, 5.74) is 1.81.